The summed E-state index contributed by atoms with van der Waals surface area (Å²) in [6.45, 7) is 0.113. The highest BCUT2D eigenvalue weighted by Gasteiger charge is 2.34. The van der Waals surface area contributed by atoms with E-state index in [9.17, 15) is 19.6 Å². The Labute approximate surface area is 214 Å². The zero-order chi connectivity index (χ0) is 26.4. The third-order valence-electron chi connectivity index (χ3n) is 5.88. The van der Waals surface area contributed by atoms with Gasteiger partial charge in [0.15, 0.2) is 11.5 Å². The molecule has 1 heterocycles. The number of carbonyl (C=O) groups excluding carboxylic acids is 3. The fourth-order valence-corrected chi connectivity index (χ4v) is 4.06. The van der Waals surface area contributed by atoms with Crippen LogP contribution >= 0.6 is 0 Å². The molecule has 0 saturated heterocycles. The van der Waals surface area contributed by atoms with Gasteiger partial charge in [-0.3, -0.25) is 19.3 Å². The number of nitriles is 1. The molecule has 0 spiro atoms. The molecule has 37 heavy (non-hydrogen) atoms. The molecule has 0 radical (unpaired) electrons. The predicted octanol–water partition coefficient (Wildman–Crippen LogP) is 4.75. The highest BCUT2D eigenvalue weighted by Crippen LogP contribution is 2.32. The molecule has 1 aliphatic heterocycles. The van der Waals surface area contributed by atoms with Crippen LogP contribution in [0.4, 0.5) is 0 Å². The van der Waals surface area contributed by atoms with Gasteiger partial charge in [0, 0.05) is 18.5 Å². The van der Waals surface area contributed by atoms with E-state index in [1.165, 1.54) is 7.11 Å². The van der Waals surface area contributed by atoms with E-state index in [0.29, 0.717) is 39.3 Å². The fraction of sp³-hybridized carbons (Fsp3) is 0.172. The van der Waals surface area contributed by atoms with E-state index in [2.05, 4.69) is 6.07 Å². The second-order valence-electron chi connectivity index (χ2n) is 8.17. The van der Waals surface area contributed by atoms with Crippen LogP contribution in [0.1, 0.15) is 44.7 Å². The third-order valence-corrected chi connectivity index (χ3v) is 5.88. The number of hydrogen-bond acceptors (Lipinski definition) is 7. The molecular formula is C29H24N2O6. The van der Waals surface area contributed by atoms with Crippen LogP contribution in [0, 0.1) is 11.3 Å². The van der Waals surface area contributed by atoms with Crippen molar-refractivity contribution in [3.05, 3.63) is 89.0 Å². The Bertz CT molecular complexity index is 1400. The molecule has 0 saturated carbocycles. The highest BCUT2D eigenvalue weighted by atomic mass is 16.6. The van der Waals surface area contributed by atoms with Crippen molar-refractivity contribution >= 4 is 29.4 Å². The number of nitrogens with zero attached hydrogens (tertiary/aromatic N) is 2. The Morgan fingerprint density at radius 1 is 0.892 bits per heavy atom. The minimum absolute atomic E-state index is 0.00456. The maximum Gasteiger partial charge on any atom is 0.311 e. The Morgan fingerprint density at radius 3 is 2.19 bits per heavy atom. The number of rotatable bonds is 9. The molecular weight excluding hydrogens is 472 g/mol. The van der Waals surface area contributed by atoms with Gasteiger partial charge in [-0.1, -0.05) is 30.3 Å². The first-order valence-electron chi connectivity index (χ1n) is 11.6. The van der Waals surface area contributed by atoms with Gasteiger partial charge in [-0.2, -0.15) is 5.26 Å². The average molecular weight is 497 g/mol. The molecule has 0 unspecified atom stereocenters. The van der Waals surface area contributed by atoms with Crippen LogP contribution in [0.15, 0.2) is 66.7 Å². The molecule has 8 heteroatoms. The van der Waals surface area contributed by atoms with Gasteiger partial charge >= 0.3 is 5.97 Å². The van der Waals surface area contributed by atoms with Gasteiger partial charge in [0.05, 0.1) is 37.0 Å². The first kappa shape index (κ1) is 25.2. The van der Waals surface area contributed by atoms with Gasteiger partial charge in [-0.15, -0.1) is 0 Å². The highest BCUT2D eigenvalue weighted by molar-refractivity contribution is 6.21. The van der Waals surface area contributed by atoms with Crippen molar-refractivity contribution in [1.82, 2.24) is 4.90 Å². The zero-order valence-electron chi connectivity index (χ0n) is 20.4. The lowest BCUT2D eigenvalue weighted by Crippen LogP contribution is -2.31. The van der Waals surface area contributed by atoms with Crippen molar-refractivity contribution in [2.24, 2.45) is 0 Å². The summed E-state index contributed by atoms with van der Waals surface area (Å²) < 4.78 is 16.2. The van der Waals surface area contributed by atoms with Crippen molar-refractivity contribution in [2.75, 3.05) is 20.8 Å². The molecule has 186 valence electrons. The monoisotopic (exact) mass is 496 g/mol. The van der Waals surface area contributed by atoms with E-state index < -0.39 is 5.97 Å². The third kappa shape index (κ3) is 5.36. The van der Waals surface area contributed by atoms with E-state index in [1.54, 1.807) is 67.8 Å². The molecule has 0 aliphatic carbocycles. The summed E-state index contributed by atoms with van der Waals surface area (Å²) >= 11 is 0. The largest absolute Gasteiger partial charge is 0.496 e. The van der Waals surface area contributed by atoms with Gasteiger partial charge in [-0.25, -0.2) is 0 Å². The minimum Gasteiger partial charge on any atom is -0.496 e. The number of imide groups is 1. The van der Waals surface area contributed by atoms with Crippen molar-refractivity contribution in [3.63, 3.8) is 0 Å². The number of methoxy groups -OCH3 is 2. The molecule has 8 nitrogen and oxygen atoms in total. The number of benzene rings is 3. The lowest BCUT2D eigenvalue weighted by molar-refractivity contribution is -0.134. The van der Waals surface area contributed by atoms with E-state index >= 15 is 0 Å². The molecule has 0 N–H and O–H groups in total. The molecule has 0 bridgehead atoms. The van der Waals surface area contributed by atoms with Crippen molar-refractivity contribution in [2.45, 2.75) is 12.8 Å². The maximum absolute atomic E-state index is 12.5. The summed E-state index contributed by atoms with van der Waals surface area (Å²) in [6, 6.07) is 21.0. The number of para-hydroxylation sites is 1. The molecule has 2 amide bonds. The van der Waals surface area contributed by atoms with Crippen LogP contribution in [-0.4, -0.2) is 43.4 Å². The Hall–Kier alpha value is -4.90. The second kappa shape index (κ2) is 11.2. The molecule has 3 aromatic carbocycles. The van der Waals surface area contributed by atoms with Gasteiger partial charge < -0.3 is 14.2 Å². The van der Waals surface area contributed by atoms with Crippen LogP contribution in [0.3, 0.4) is 0 Å². The van der Waals surface area contributed by atoms with Crippen LogP contribution in [0.2, 0.25) is 0 Å². The Morgan fingerprint density at radius 2 is 1.54 bits per heavy atom. The normalized spacial score (nSPS) is 12.7. The van der Waals surface area contributed by atoms with Gasteiger partial charge in [-0.05, 0) is 54.5 Å². The molecule has 1 aliphatic rings. The molecule has 3 aromatic rings. The number of allylic oxidation sites excluding steroid dienone is 1. The first-order chi connectivity index (χ1) is 18.0. The number of fused-ring (bicyclic) bond motifs is 1. The van der Waals surface area contributed by atoms with Crippen LogP contribution < -0.4 is 14.2 Å². The Balaban J connectivity index is 1.40. The topological polar surface area (TPSA) is 106 Å². The van der Waals surface area contributed by atoms with Crippen LogP contribution in [-0.2, 0) is 4.79 Å². The smallest absolute Gasteiger partial charge is 0.311 e. The number of ether oxygens (including phenoxy) is 3. The SMILES string of the molecule is COc1cc(/C=C(/C#N)c2ccccc2OC)ccc1OC(=O)CCCN1C(=O)c2ccccc2C1=O. The first-order valence-corrected chi connectivity index (χ1v) is 11.6. The van der Waals surface area contributed by atoms with E-state index in [-0.39, 0.29) is 37.0 Å². The minimum atomic E-state index is -0.523. The molecule has 0 aromatic heterocycles. The van der Waals surface area contributed by atoms with Crippen LogP contribution in [0.5, 0.6) is 17.2 Å². The second-order valence-corrected chi connectivity index (χ2v) is 8.17. The van der Waals surface area contributed by atoms with Gasteiger partial charge in [0.2, 0.25) is 0 Å². The van der Waals surface area contributed by atoms with Crippen molar-refractivity contribution in [1.29, 1.82) is 5.26 Å². The van der Waals surface area contributed by atoms with Crippen molar-refractivity contribution < 1.29 is 28.6 Å². The molecule has 0 atom stereocenters. The standard InChI is InChI=1S/C29H24N2O6/c1-35-24-11-6-5-8-21(24)20(18-30)16-19-13-14-25(26(17-19)36-2)37-27(32)12-7-15-31-28(33)22-9-3-4-10-23(22)29(31)34/h3-6,8-11,13-14,16-17H,7,12,15H2,1-2H3/b20-16-. The average Bonchev–Trinajstić information content (AvgIpc) is 3.17. The quantitative estimate of drug-likeness (QED) is 0.138. The summed E-state index contributed by atoms with van der Waals surface area (Å²) in [7, 11) is 2.99. The summed E-state index contributed by atoms with van der Waals surface area (Å²) in [6.07, 6.45) is 1.95. The molecule has 0 fully saturated rings. The fourth-order valence-electron chi connectivity index (χ4n) is 4.06. The van der Waals surface area contributed by atoms with E-state index in [1.807, 2.05) is 12.1 Å². The number of hydrogen-bond donors (Lipinski definition) is 0. The van der Waals surface area contributed by atoms with Crippen LogP contribution in [0.25, 0.3) is 11.6 Å². The number of carbonyl (C=O) groups is 3. The Kier molecular flexibility index (Phi) is 7.65. The maximum atomic E-state index is 12.5. The molecule has 4 rings (SSSR count). The van der Waals surface area contributed by atoms with Gasteiger partial charge in [0.25, 0.3) is 11.8 Å². The summed E-state index contributed by atoms with van der Waals surface area (Å²) in [5.74, 6) is -0.117. The lowest BCUT2D eigenvalue weighted by Gasteiger charge is -2.14. The van der Waals surface area contributed by atoms with E-state index in [0.717, 1.165) is 4.90 Å². The number of esters is 1. The summed E-state index contributed by atoms with van der Waals surface area (Å²) in [5, 5.41) is 9.69. The summed E-state index contributed by atoms with van der Waals surface area (Å²) in [5.41, 5.74) is 2.47. The summed E-state index contributed by atoms with van der Waals surface area (Å²) in [4.78, 5) is 38.5. The lowest BCUT2D eigenvalue weighted by atomic mass is 10.0. The van der Waals surface area contributed by atoms with Gasteiger partial charge in [0.1, 0.15) is 5.75 Å². The predicted molar refractivity (Wildman–Crippen MR) is 136 cm³/mol. The van der Waals surface area contributed by atoms with Crippen molar-refractivity contribution in [3.8, 4) is 23.3 Å². The zero-order valence-corrected chi connectivity index (χ0v) is 20.4. The number of amides is 2. The van der Waals surface area contributed by atoms with E-state index in [4.69, 9.17) is 14.2 Å².